The van der Waals surface area contributed by atoms with Gasteiger partial charge in [0.05, 0.1) is 0 Å². The van der Waals surface area contributed by atoms with E-state index in [1.54, 1.807) is 0 Å². The number of nitrogens with two attached hydrogens (primary N) is 1. The largest absolute Gasteiger partial charge is 0.329 e. The van der Waals surface area contributed by atoms with Gasteiger partial charge in [0.2, 0.25) is 0 Å². The number of hydrogen-bond donors (Lipinski definition) is 1. The first-order chi connectivity index (χ1) is 6.62. The van der Waals surface area contributed by atoms with Gasteiger partial charge in [0.15, 0.2) is 0 Å². The molecule has 2 heteroatoms. The molecule has 2 atom stereocenters. The number of nitrogens with zero attached hydrogens (tertiary/aromatic N) is 1. The fraction of sp³-hybridized carbons (Fsp3) is 1.00. The monoisotopic (exact) mass is 198 g/mol. The van der Waals surface area contributed by atoms with Gasteiger partial charge in [-0.25, -0.2) is 0 Å². The maximum atomic E-state index is 6.01. The zero-order chi connectivity index (χ0) is 10.8. The van der Waals surface area contributed by atoms with E-state index in [-0.39, 0.29) is 5.54 Å². The molecule has 1 fully saturated rings. The molecule has 2 unspecified atom stereocenters. The van der Waals surface area contributed by atoms with Crippen LogP contribution in [0.15, 0.2) is 0 Å². The molecule has 0 radical (unpaired) electrons. The highest BCUT2D eigenvalue weighted by Gasteiger charge is 2.46. The summed E-state index contributed by atoms with van der Waals surface area (Å²) in [5.74, 6) is 0.858. The van der Waals surface area contributed by atoms with Crippen molar-refractivity contribution >= 4 is 0 Å². The van der Waals surface area contributed by atoms with Gasteiger partial charge >= 0.3 is 0 Å². The summed E-state index contributed by atoms with van der Waals surface area (Å²) in [6.07, 6.45) is 5.16. The second-order valence-corrected chi connectivity index (χ2v) is 4.80. The summed E-state index contributed by atoms with van der Waals surface area (Å²) in [5, 5.41) is 0. The molecule has 0 aliphatic heterocycles. The van der Waals surface area contributed by atoms with Crippen molar-refractivity contribution in [3.05, 3.63) is 0 Å². The molecule has 0 aromatic heterocycles. The van der Waals surface area contributed by atoms with E-state index < -0.39 is 0 Å². The number of hydrogen-bond acceptors (Lipinski definition) is 2. The van der Waals surface area contributed by atoms with Crippen molar-refractivity contribution in [1.82, 2.24) is 4.90 Å². The van der Waals surface area contributed by atoms with Gasteiger partial charge in [-0.05, 0) is 45.6 Å². The standard InChI is InChI=1S/C12H26N2/c1-5-10(3)14(4)12(6-2,9-13)11-7-8-11/h10-11H,5-9,13H2,1-4H3. The highest BCUT2D eigenvalue weighted by molar-refractivity contribution is 5.02. The summed E-state index contributed by atoms with van der Waals surface area (Å²) in [4.78, 5) is 2.53. The lowest BCUT2D eigenvalue weighted by atomic mass is 9.87. The summed E-state index contributed by atoms with van der Waals surface area (Å²) < 4.78 is 0. The number of rotatable bonds is 6. The van der Waals surface area contributed by atoms with E-state index in [9.17, 15) is 0 Å². The average molecular weight is 198 g/mol. The first-order valence-electron chi connectivity index (χ1n) is 6.05. The van der Waals surface area contributed by atoms with E-state index in [1.165, 1.54) is 25.7 Å². The molecular weight excluding hydrogens is 172 g/mol. The van der Waals surface area contributed by atoms with Crippen molar-refractivity contribution in [2.75, 3.05) is 13.6 Å². The maximum Gasteiger partial charge on any atom is 0.0356 e. The van der Waals surface area contributed by atoms with Gasteiger partial charge in [0, 0.05) is 18.1 Å². The lowest BCUT2D eigenvalue weighted by molar-refractivity contribution is 0.0584. The minimum Gasteiger partial charge on any atom is -0.329 e. The molecule has 0 amide bonds. The fourth-order valence-electron chi connectivity index (χ4n) is 2.61. The second-order valence-electron chi connectivity index (χ2n) is 4.80. The Morgan fingerprint density at radius 3 is 2.29 bits per heavy atom. The predicted molar refractivity (Wildman–Crippen MR) is 62.3 cm³/mol. The molecule has 1 aliphatic rings. The Balaban J connectivity index is 2.74. The van der Waals surface area contributed by atoms with Crippen molar-refractivity contribution in [1.29, 1.82) is 0 Å². The van der Waals surface area contributed by atoms with Crippen LogP contribution < -0.4 is 5.73 Å². The topological polar surface area (TPSA) is 29.3 Å². The SMILES string of the molecule is CCC(C)N(C)C(CC)(CN)C1CC1. The van der Waals surface area contributed by atoms with Crippen LogP contribution in [0.4, 0.5) is 0 Å². The molecule has 2 nitrogen and oxygen atoms in total. The first-order valence-corrected chi connectivity index (χ1v) is 6.05. The molecule has 84 valence electrons. The van der Waals surface area contributed by atoms with Crippen LogP contribution in [0.1, 0.15) is 46.5 Å². The normalized spacial score (nSPS) is 23.6. The van der Waals surface area contributed by atoms with Crippen molar-refractivity contribution in [2.24, 2.45) is 11.7 Å². The third-order valence-electron chi connectivity index (χ3n) is 4.26. The molecule has 0 spiro atoms. The lowest BCUT2D eigenvalue weighted by Gasteiger charge is -2.44. The third kappa shape index (κ3) is 1.96. The Bertz CT molecular complexity index is 171. The summed E-state index contributed by atoms with van der Waals surface area (Å²) in [7, 11) is 2.25. The van der Waals surface area contributed by atoms with Crippen molar-refractivity contribution in [3.63, 3.8) is 0 Å². The minimum absolute atomic E-state index is 0.287. The highest BCUT2D eigenvalue weighted by atomic mass is 15.2. The van der Waals surface area contributed by atoms with Gasteiger partial charge in [-0.15, -0.1) is 0 Å². The van der Waals surface area contributed by atoms with Crippen LogP contribution >= 0.6 is 0 Å². The van der Waals surface area contributed by atoms with Gasteiger partial charge in [-0.3, -0.25) is 4.90 Å². The zero-order valence-electron chi connectivity index (χ0n) is 10.2. The molecular formula is C12H26N2. The zero-order valence-corrected chi connectivity index (χ0v) is 10.2. The van der Waals surface area contributed by atoms with Crippen LogP contribution in [0, 0.1) is 5.92 Å². The maximum absolute atomic E-state index is 6.01. The summed E-state index contributed by atoms with van der Waals surface area (Å²) in [5.41, 5.74) is 6.30. The Hall–Kier alpha value is -0.0800. The fourth-order valence-corrected chi connectivity index (χ4v) is 2.61. The van der Waals surface area contributed by atoms with E-state index in [4.69, 9.17) is 5.73 Å². The van der Waals surface area contributed by atoms with Crippen LogP contribution in [-0.2, 0) is 0 Å². The lowest BCUT2D eigenvalue weighted by Crippen LogP contribution is -2.56. The van der Waals surface area contributed by atoms with E-state index in [0.717, 1.165) is 12.5 Å². The first kappa shape index (κ1) is 12.0. The second kappa shape index (κ2) is 4.63. The molecule has 0 aromatic carbocycles. The van der Waals surface area contributed by atoms with Gasteiger partial charge < -0.3 is 5.73 Å². The van der Waals surface area contributed by atoms with Crippen molar-refractivity contribution in [3.8, 4) is 0 Å². The molecule has 14 heavy (non-hydrogen) atoms. The Morgan fingerprint density at radius 2 is 2.00 bits per heavy atom. The quantitative estimate of drug-likeness (QED) is 0.709. The van der Waals surface area contributed by atoms with Crippen LogP contribution in [0.3, 0.4) is 0 Å². The van der Waals surface area contributed by atoms with Crippen molar-refractivity contribution < 1.29 is 0 Å². The molecule has 0 saturated heterocycles. The van der Waals surface area contributed by atoms with Crippen LogP contribution in [-0.4, -0.2) is 30.1 Å². The molecule has 1 saturated carbocycles. The molecule has 1 rings (SSSR count). The Morgan fingerprint density at radius 1 is 1.43 bits per heavy atom. The van der Waals surface area contributed by atoms with E-state index in [1.807, 2.05) is 0 Å². The molecule has 0 heterocycles. The number of likely N-dealkylation sites (N-methyl/N-ethyl adjacent to an activating group) is 1. The van der Waals surface area contributed by atoms with Crippen LogP contribution in [0.25, 0.3) is 0 Å². The Kier molecular flexibility index (Phi) is 3.96. The van der Waals surface area contributed by atoms with E-state index >= 15 is 0 Å². The molecule has 0 bridgehead atoms. The van der Waals surface area contributed by atoms with Gasteiger partial charge in [0.1, 0.15) is 0 Å². The summed E-state index contributed by atoms with van der Waals surface area (Å²) >= 11 is 0. The summed E-state index contributed by atoms with van der Waals surface area (Å²) in [6.45, 7) is 7.66. The van der Waals surface area contributed by atoms with Gasteiger partial charge in [0.25, 0.3) is 0 Å². The van der Waals surface area contributed by atoms with E-state index in [2.05, 4.69) is 32.7 Å². The smallest absolute Gasteiger partial charge is 0.0356 e. The van der Waals surface area contributed by atoms with E-state index in [0.29, 0.717) is 6.04 Å². The van der Waals surface area contributed by atoms with Gasteiger partial charge in [-0.1, -0.05) is 13.8 Å². The minimum atomic E-state index is 0.287. The van der Waals surface area contributed by atoms with Crippen LogP contribution in [0.2, 0.25) is 0 Å². The molecule has 2 N–H and O–H groups in total. The highest BCUT2D eigenvalue weighted by Crippen LogP contribution is 2.44. The van der Waals surface area contributed by atoms with Gasteiger partial charge in [-0.2, -0.15) is 0 Å². The third-order valence-corrected chi connectivity index (χ3v) is 4.26. The Labute approximate surface area is 88.8 Å². The average Bonchev–Trinajstić information content (AvgIpc) is 3.03. The summed E-state index contributed by atoms with van der Waals surface area (Å²) in [6, 6.07) is 0.652. The van der Waals surface area contributed by atoms with Crippen LogP contribution in [0.5, 0.6) is 0 Å². The molecule has 0 aromatic rings. The van der Waals surface area contributed by atoms with Crippen molar-refractivity contribution in [2.45, 2.75) is 58.0 Å². The predicted octanol–water partition coefficient (Wildman–Crippen LogP) is 2.23. The molecule has 1 aliphatic carbocycles.